The predicted octanol–water partition coefficient (Wildman–Crippen LogP) is 3.81. The Labute approximate surface area is 139 Å². The van der Waals surface area contributed by atoms with E-state index in [9.17, 15) is 9.90 Å². The van der Waals surface area contributed by atoms with E-state index in [4.69, 9.17) is 4.74 Å². The third-order valence-electron chi connectivity index (χ3n) is 4.79. The molecular formula is C19H29NO3. The molecule has 1 aromatic rings. The summed E-state index contributed by atoms with van der Waals surface area (Å²) in [5, 5.41) is 12.7. The van der Waals surface area contributed by atoms with Crippen LogP contribution in [-0.2, 0) is 11.2 Å². The minimum absolute atomic E-state index is 0.0507. The molecule has 2 rings (SSSR count). The fraction of sp³-hybridized carbons (Fsp3) is 0.632. The molecule has 0 atom stereocenters. The van der Waals surface area contributed by atoms with Crippen molar-refractivity contribution in [3.8, 4) is 11.5 Å². The Morgan fingerprint density at radius 1 is 1.30 bits per heavy atom. The molecule has 23 heavy (non-hydrogen) atoms. The molecule has 1 fully saturated rings. The summed E-state index contributed by atoms with van der Waals surface area (Å²) in [6, 6.07) is 5.37. The number of methoxy groups -OCH3 is 1. The molecule has 0 spiro atoms. The fourth-order valence-corrected chi connectivity index (χ4v) is 3.38. The lowest BCUT2D eigenvalue weighted by Gasteiger charge is -2.29. The number of nitrogens with one attached hydrogen (secondary N) is 1. The predicted molar refractivity (Wildman–Crippen MR) is 91.8 cm³/mol. The molecule has 1 aliphatic rings. The number of aromatic hydroxyl groups is 1. The highest BCUT2D eigenvalue weighted by Crippen LogP contribution is 2.29. The van der Waals surface area contributed by atoms with Crippen LogP contribution < -0.4 is 10.1 Å². The topological polar surface area (TPSA) is 58.6 Å². The monoisotopic (exact) mass is 319 g/mol. The zero-order valence-electron chi connectivity index (χ0n) is 14.3. The Balaban J connectivity index is 1.77. The van der Waals surface area contributed by atoms with Gasteiger partial charge in [0, 0.05) is 6.04 Å². The van der Waals surface area contributed by atoms with Crippen molar-refractivity contribution in [2.45, 2.75) is 64.3 Å². The van der Waals surface area contributed by atoms with Crippen LogP contribution in [0.25, 0.3) is 0 Å². The Kier molecular flexibility index (Phi) is 6.75. The smallest absolute Gasteiger partial charge is 0.224 e. The van der Waals surface area contributed by atoms with Crippen molar-refractivity contribution in [3.63, 3.8) is 0 Å². The summed E-state index contributed by atoms with van der Waals surface area (Å²) in [6.07, 6.45) is 8.92. The summed E-state index contributed by atoms with van der Waals surface area (Å²) in [6.45, 7) is 2.24. The van der Waals surface area contributed by atoms with Crippen molar-refractivity contribution in [2.75, 3.05) is 7.11 Å². The normalized spacial score (nSPS) is 21.0. The Bertz CT molecular complexity index is 507. The number of hydrogen-bond donors (Lipinski definition) is 2. The highest BCUT2D eigenvalue weighted by molar-refractivity contribution is 5.79. The lowest BCUT2D eigenvalue weighted by molar-refractivity contribution is -0.121. The molecule has 128 valence electrons. The average molecular weight is 319 g/mol. The molecule has 1 amide bonds. The van der Waals surface area contributed by atoms with Gasteiger partial charge in [0.2, 0.25) is 5.91 Å². The second kappa shape index (κ2) is 8.80. The lowest BCUT2D eigenvalue weighted by atomic mass is 9.83. The molecule has 0 aliphatic heterocycles. The molecule has 0 radical (unpaired) electrons. The number of unbranched alkanes of at least 4 members (excludes halogenated alkanes) is 1. The van der Waals surface area contributed by atoms with E-state index in [1.54, 1.807) is 18.2 Å². The van der Waals surface area contributed by atoms with Crippen molar-refractivity contribution < 1.29 is 14.6 Å². The maximum atomic E-state index is 12.2. The molecular weight excluding hydrogens is 290 g/mol. The zero-order chi connectivity index (χ0) is 16.7. The van der Waals surface area contributed by atoms with Gasteiger partial charge in [-0.3, -0.25) is 4.79 Å². The van der Waals surface area contributed by atoms with E-state index in [1.807, 2.05) is 0 Å². The second-order valence-corrected chi connectivity index (χ2v) is 6.61. The number of carbonyl (C=O) groups is 1. The number of benzene rings is 1. The molecule has 4 heteroatoms. The van der Waals surface area contributed by atoms with Gasteiger partial charge in [0.25, 0.3) is 0 Å². The van der Waals surface area contributed by atoms with Crippen LogP contribution in [0.2, 0.25) is 0 Å². The van der Waals surface area contributed by atoms with Gasteiger partial charge in [-0.05, 0) is 49.3 Å². The van der Waals surface area contributed by atoms with Gasteiger partial charge in [-0.1, -0.05) is 32.3 Å². The average Bonchev–Trinajstić information content (AvgIpc) is 2.56. The summed E-state index contributed by atoms with van der Waals surface area (Å²) in [5.41, 5.74) is 0.855. The number of hydrogen-bond acceptors (Lipinski definition) is 3. The quantitative estimate of drug-likeness (QED) is 0.803. The summed E-state index contributed by atoms with van der Waals surface area (Å²) in [5.74, 6) is 1.41. The van der Waals surface area contributed by atoms with E-state index in [0.717, 1.165) is 24.3 Å². The van der Waals surface area contributed by atoms with Crippen LogP contribution in [-0.4, -0.2) is 24.2 Å². The maximum Gasteiger partial charge on any atom is 0.224 e. The van der Waals surface area contributed by atoms with Gasteiger partial charge < -0.3 is 15.2 Å². The summed E-state index contributed by atoms with van der Waals surface area (Å²) >= 11 is 0. The van der Waals surface area contributed by atoms with Crippen LogP contribution >= 0.6 is 0 Å². The first-order valence-corrected chi connectivity index (χ1v) is 8.77. The molecule has 0 aromatic heterocycles. The Morgan fingerprint density at radius 3 is 2.70 bits per heavy atom. The number of amides is 1. The first kappa shape index (κ1) is 17.6. The van der Waals surface area contributed by atoms with Gasteiger partial charge in [0.15, 0.2) is 11.5 Å². The Morgan fingerprint density at radius 2 is 2.04 bits per heavy atom. The number of phenols is 1. The van der Waals surface area contributed by atoms with Crippen LogP contribution in [0.3, 0.4) is 0 Å². The fourth-order valence-electron chi connectivity index (χ4n) is 3.38. The molecule has 1 aliphatic carbocycles. The summed E-state index contributed by atoms with van der Waals surface area (Å²) in [4.78, 5) is 12.2. The highest BCUT2D eigenvalue weighted by atomic mass is 16.5. The van der Waals surface area contributed by atoms with Crippen molar-refractivity contribution in [3.05, 3.63) is 23.8 Å². The second-order valence-electron chi connectivity index (χ2n) is 6.61. The van der Waals surface area contributed by atoms with Crippen LogP contribution in [0, 0.1) is 5.92 Å². The van der Waals surface area contributed by atoms with Crippen molar-refractivity contribution in [1.82, 2.24) is 5.32 Å². The molecule has 4 nitrogen and oxygen atoms in total. The number of ether oxygens (including phenoxy) is 1. The summed E-state index contributed by atoms with van der Waals surface area (Å²) < 4.78 is 5.08. The van der Waals surface area contributed by atoms with Gasteiger partial charge >= 0.3 is 0 Å². The van der Waals surface area contributed by atoms with Gasteiger partial charge in [-0.25, -0.2) is 0 Å². The molecule has 1 aromatic carbocycles. The van der Waals surface area contributed by atoms with Crippen molar-refractivity contribution in [2.24, 2.45) is 5.92 Å². The van der Waals surface area contributed by atoms with E-state index in [0.29, 0.717) is 18.2 Å². The first-order valence-electron chi connectivity index (χ1n) is 8.77. The largest absolute Gasteiger partial charge is 0.504 e. The third kappa shape index (κ3) is 5.45. The SMILES string of the molecule is CCCC[C@H]1CC[C@@H](NC(=O)Cc2ccc(O)c(OC)c2)CC1. The third-order valence-corrected chi connectivity index (χ3v) is 4.79. The van der Waals surface area contributed by atoms with Gasteiger partial charge in [-0.15, -0.1) is 0 Å². The summed E-state index contributed by atoms with van der Waals surface area (Å²) in [7, 11) is 1.51. The minimum Gasteiger partial charge on any atom is -0.504 e. The molecule has 1 saturated carbocycles. The van der Waals surface area contributed by atoms with E-state index in [2.05, 4.69) is 12.2 Å². The Hall–Kier alpha value is -1.71. The van der Waals surface area contributed by atoms with Crippen molar-refractivity contribution in [1.29, 1.82) is 0 Å². The van der Waals surface area contributed by atoms with E-state index in [1.165, 1.54) is 39.2 Å². The van der Waals surface area contributed by atoms with Crippen LogP contribution in [0.5, 0.6) is 11.5 Å². The highest BCUT2D eigenvalue weighted by Gasteiger charge is 2.22. The molecule has 0 unspecified atom stereocenters. The van der Waals surface area contributed by atoms with Gasteiger partial charge in [0.1, 0.15) is 0 Å². The minimum atomic E-state index is 0.0507. The molecule has 0 bridgehead atoms. The molecule has 0 saturated heterocycles. The molecule has 0 heterocycles. The van der Waals surface area contributed by atoms with E-state index >= 15 is 0 Å². The van der Waals surface area contributed by atoms with E-state index < -0.39 is 0 Å². The van der Waals surface area contributed by atoms with Crippen molar-refractivity contribution >= 4 is 5.91 Å². The standard InChI is InChI=1S/C19H29NO3/c1-3-4-5-14-6-9-16(10-7-14)20-19(22)13-15-8-11-17(21)18(12-15)23-2/h8,11-12,14,16,21H,3-7,9-10,13H2,1-2H3,(H,20,22)/t14-,16+. The number of rotatable bonds is 7. The zero-order valence-corrected chi connectivity index (χ0v) is 14.3. The number of phenolic OH excluding ortho intramolecular Hbond substituents is 1. The lowest BCUT2D eigenvalue weighted by Crippen LogP contribution is -2.38. The van der Waals surface area contributed by atoms with Gasteiger partial charge in [0.05, 0.1) is 13.5 Å². The van der Waals surface area contributed by atoms with Crippen LogP contribution in [0.4, 0.5) is 0 Å². The first-order chi connectivity index (χ1) is 11.1. The molecule has 2 N–H and O–H groups in total. The number of carbonyl (C=O) groups excluding carboxylic acids is 1. The van der Waals surface area contributed by atoms with E-state index in [-0.39, 0.29) is 11.7 Å². The van der Waals surface area contributed by atoms with Crippen LogP contribution in [0.15, 0.2) is 18.2 Å². The van der Waals surface area contributed by atoms with Gasteiger partial charge in [-0.2, -0.15) is 0 Å². The van der Waals surface area contributed by atoms with Crippen LogP contribution in [0.1, 0.15) is 57.4 Å². The maximum absolute atomic E-state index is 12.2.